The van der Waals surface area contributed by atoms with E-state index in [1.54, 1.807) is 0 Å². The highest BCUT2D eigenvalue weighted by Gasteiger charge is 2.35. The molecule has 0 aromatic carbocycles. The van der Waals surface area contributed by atoms with Gasteiger partial charge in [0.2, 0.25) is 0 Å². The van der Waals surface area contributed by atoms with E-state index in [4.69, 9.17) is 5.11 Å². The highest BCUT2D eigenvalue weighted by molar-refractivity contribution is 4.77. The summed E-state index contributed by atoms with van der Waals surface area (Å²) in [6.07, 6.45) is -6.03. The number of halogens is 3. The Labute approximate surface area is 38.8 Å². The quantitative estimate of drug-likeness (QED) is 0.504. The smallest absolute Gasteiger partial charge is 0.378 e. The first-order chi connectivity index (χ1) is 2.94. The van der Waals surface area contributed by atoms with Crippen molar-refractivity contribution >= 4 is 0 Å². The van der Waals surface area contributed by atoms with Crippen LogP contribution < -0.4 is 0 Å². The summed E-state index contributed by atoms with van der Waals surface area (Å²) in [6, 6.07) is 0. The minimum atomic E-state index is -4.53. The zero-order chi connectivity index (χ0) is 6.08. The summed E-state index contributed by atoms with van der Waals surface area (Å²) in [6.45, 7) is 0.597. The monoisotopic (exact) mass is 113 g/mol. The van der Waals surface area contributed by atoms with E-state index in [0.717, 1.165) is 0 Å². The molecule has 1 radical (unpaired) electrons. The Morgan fingerprint density at radius 3 is 1.57 bits per heavy atom. The van der Waals surface area contributed by atoms with Crippen molar-refractivity contribution in [1.82, 2.24) is 0 Å². The molecule has 0 aliphatic carbocycles. The summed E-state index contributed by atoms with van der Waals surface area (Å²) >= 11 is 0. The first-order valence-electron chi connectivity index (χ1n) is 1.54. The second-order valence-electron chi connectivity index (χ2n) is 1.08. The van der Waals surface area contributed by atoms with E-state index in [-0.39, 0.29) is 0 Å². The van der Waals surface area contributed by atoms with Crippen molar-refractivity contribution in [2.24, 2.45) is 0 Å². The zero-order valence-electron chi connectivity index (χ0n) is 3.58. The summed E-state index contributed by atoms with van der Waals surface area (Å²) in [5.41, 5.74) is 0. The zero-order valence-corrected chi connectivity index (χ0v) is 3.58. The molecule has 4 heteroatoms. The van der Waals surface area contributed by atoms with E-state index >= 15 is 0 Å². The normalized spacial score (nSPS) is 12.9. The number of rotatable bonds is 0. The van der Waals surface area contributed by atoms with Crippen molar-refractivity contribution in [1.29, 1.82) is 0 Å². The van der Waals surface area contributed by atoms with Crippen LogP contribution in [-0.4, -0.2) is 11.3 Å². The third-order valence-electron chi connectivity index (χ3n) is 0.410. The lowest BCUT2D eigenvalue weighted by Gasteiger charge is -2.05. The van der Waals surface area contributed by atoms with E-state index in [0.29, 0.717) is 6.92 Å². The molecular formula is C3H4F3O. The molecule has 0 bridgehead atoms. The average Bonchev–Trinajstić information content (AvgIpc) is 1.31. The Hall–Kier alpha value is -0.250. The molecule has 0 heterocycles. The Bertz CT molecular complexity index is 55.7. The molecule has 0 aliphatic rings. The van der Waals surface area contributed by atoms with Gasteiger partial charge in [-0.2, -0.15) is 13.2 Å². The predicted octanol–water partition coefficient (Wildman–Crippen LogP) is 1.47. The summed E-state index contributed by atoms with van der Waals surface area (Å²) in [5, 5.41) is 7.68. The third-order valence-corrected chi connectivity index (χ3v) is 0.410. The second-order valence-corrected chi connectivity index (χ2v) is 1.08. The molecule has 0 saturated heterocycles. The van der Waals surface area contributed by atoms with Crippen LogP contribution in [0.15, 0.2) is 0 Å². The number of aliphatic hydroxyl groups excluding tert-OH is 1. The highest BCUT2D eigenvalue weighted by Crippen LogP contribution is 2.24. The summed E-state index contributed by atoms with van der Waals surface area (Å²) in [4.78, 5) is 0. The van der Waals surface area contributed by atoms with E-state index in [1.165, 1.54) is 0 Å². The van der Waals surface area contributed by atoms with Crippen molar-refractivity contribution in [3.63, 3.8) is 0 Å². The van der Waals surface area contributed by atoms with Gasteiger partial charge >= 0.3 is 6.18 Å². The lowest BCUT2D eigenvalue weighted by Crippen LogP contribution is -2.16. The molecule has 43 valence electrons. The van der Waals surface area contributed by atoms with Crippen LogP contribution in [0.2, 0.25) is 0 Å². The molecule has 7 heavy (non-hydrogen) atoms. The molecule has 0 rings (SSSR count). The van der Waals surface area contributed by atoms with E-state index < -0.39 is 12.3 Å². The second kappa shape index (κ2) is 1.69. The molecule has 0 fully saturated rings. The third kappa shape index (κ3) is 2.45. The van der Waals surface area contributed by atoms with E-state index in [1.807, 2.05) is 0 Å². The van der Waals surface area contributed by atoms with Gasteiger partial charge < -0.3 is 5.11 Å². The molecule has 0 saturated carbocycles. The molecule has 0 aliphatic heterocycles. The number of aliphatic hydroxyl groups is 1. The van der Waals surface area contributed by atoms with Crippen LogP contribution in [0, 0.1) is 6.10 Å². The molecule has 1 nitrogen and oxygen atoms in total. The van der Waals surface area contributed by atoms with Crippen LogP contribution in [0.25, 0.3) is 0 Å². The Kier molecular flexibility index (Phi) is 1.63. The molecular weight excluding hydrogens is 109 g/mol. The maximum absolute atomic E-state index is 10.9. The van der Waals surface area contributed by atoms with Gasteiger partial charge in [-0.05, 0) is 6.92 Å². The lowest BCUT2D eigenvalue weighted by molar-refractivity contribution is -0.151. The SMILES string of the molecule is C[C](O)C(F)(F)F. The van der Waals surface area contributed by atoms with Gasteiger partial charge in [-0.15, -0.1) is 0 Å². The molecule has 0 aromatic rings. The molecule has 1 N–H and O–H groups in total. The minimum absolute atomic E-state index is 0.597. The fourth-order valence-corrected chi connectivity index (χ4v) is 0. The van der Waals surface area contributed by atoms with E-state index in [9.17, 15) is 13.2 Å². The minimum Gasteiger partial charge on any atom is -0.378 e. The maximum Gasteiger partial charge on any atom is 0.420 e. The average molecular weight is 113 g/mol. The van der Waals surface area contributed by atoms with Gasteiger partial charge in [0.25, 0.3) is 0 Å². The largest absolute Gasteiger partial charge is 0.420 e. The van der Waals surface area contributed by atoms with Crippen molar-refractivity contribution in [2.45, 2.75) is 13.1 Å². The van der Waals surface area contributed by atoms with Crippen LogP contribution in [0.1, 0.15) is 6.92 Å². The van der Waals surface area contributed by atoms with Crippen molar-refractivity contribution in [3.05, 3.63) is 6.10 Å². The maximum atomic E-state index is 10.9. The fraction of sp³-hybridized carbons (Fsp3) is 0.667. The van der Waals surface area contributed by atoms with Crippen molar-refractivity contribution in [2.75, 3.05) is 0 Å². The van der Waals surface area contributed by atoms with Gasteiger partial charge in [-0.3, -0.25) is 0 Å². The summed E-state index contributed by atoms with van der Waals surface area (Å²) in [7, 11) is 0. The van der Waals surface area contributed by atoms with Crippen LogP contribution in [0.5, 0.6) is 0 Å². The molecule has 0 atom stereocenters. The van der Waals surface area contributed by atoms with E-state index in [2.05, 4.69) is 0 Å². The fourth-order valence-electron chi connectivity index (χ4n) is 0. The summed E-state index contributed by atoms with van der Waals surface area (Å²) < 4.78 is 32.7. The van der Waals surface area contributed by atoms with Gasteiger partial charge in [-0.1, -0.05) is 0 Å². The van der Waals surface area contributed by atoms with Crippen LogP contribution in [0.3, 0.4) is 0 Å². The number of alkyl halides is 3. The van der Waals surface area contributed by atoms with Crippen molar-refractivity contribution in [3.8, 4) is 0 Å². The molecule has 0 aromatic heterocycles. The topological polar surface area (TPSA) is 20.2 Å². The first-order valence-corrected chi connectivity index (χ1v) is 1.54. The highest BCUT2D eigenvalue weighted by atomic mass is 19.4. The van der Waals surface area contributed by atoms with Gasteiger partial charge in [0, 0.05) is 0 Å². The van der Waals surface area contributed by atoms with Crippen LogP contribution in [0.4, 0.5) is 13.2 Å². The standard InChI is InChI=1S/C3H4F3O/c1-2(7)3(4,5)6/h7H,1H3. The Morgan fingerprint density at radius 2 is 1.57 bits per heavy atom. The first kappa shape index (κ1) is 6.75. The van der Waals surface area contributed by atoms with Crippen LogP contribution >= 0.6 is 0 Å². The molecule has 0 unspecified atom stereocenters. The van der Waals surface area contributed by atoms with Gasteiger partial charge in [-0.25, -0.2) is 0 Å². The summed E-state index contributed by atoms with van der Waals surface area (Å²) in [5.74, 6) is 0. The number of hydrogen-bond acceptors (Lipinski definition) is 1. The number of hydrogen-bond donors (Lipinski definition) is 1. The van der Waals surface area contributed by atoms with Gasteiger partial charge in [0.05, 0.1) is 0 Å². The van der Waals surface area contributed by atoms with Crippen LogP contribution in [-0.2, 0) is 0 Å². The Balaban J connectivity index is 3.54. The lowest BCUT2D eigenvalue weighted by atomic mass is 10.4. The van der Waals surface area contributed by atoms with Gasteiger partial charge in [0.15, 0.2) is 6.10 Å². The Morgan fingerprint density at radius 1 is 1.43 bits per heavy atom. The predicted molar refractivity (Wildman–Crippen MR) is 16.9 cm³/mol. The molecule has 0 spiro atoms. The van der Waals surface area contributed by atoms with Gasteiger partial charge in [0.1, 0.15) is 0 Å². The van der Waals surface area contributed by atoms with Crippen molar-refractivity contribution < 1.29 is 18.3 Å². The molecule has 0 amide bonds.